The maximum Gasteiger partial charge on any atom is 0.157 e. The van der Waals surface area contributed by atoms with Crippen LogP contribution in [0.2, 0.25) is 5.15 Å². The quantitative estimate of drug-likeness (QED) is 0.419. The first-order valence-corrected chi connectivity index (χ1v) is 11.4. The molecule has 0 aliphatic carbocycles. The van der Waals surface area contributed by atoms with Gasteiger partial charge in [0.25, 0.3) is 0 Å². The first-order chi connectivity index (χ1) is 16.2. The number of benzene rings is 2. The fourth-order valence-corrected chi connectivity index (χ4v) is 4.31. The standard InChI is InChI=1S/C25H25ClN4O3/c26-25-24-23(27-17-28-25)22(15-30(24)19-4-2-1-3-5-19)18-6-8-21(9-7-18)33-16-20(31)14-29-10-12-32-13-11-29/h1-9,15,17,20,31H,10-14,16H2. The Hall–Kier alpha value is -2.97. The SMILES string of the molecule is OC(COc1ccc(-c2cn(-c3ccccc3)c3c(Cl)ncnc23)cc1)CN1CCOCC1. The highest BCUT2D eigenvalue weighted by atomic mass is 35.5. The van der Waals surface area contributed by atoms with Gasteiger partial charge in [0.1, 0.15) is 35.8 Å². The summed E-state index contributed by atoms with van der Waals surface area (Å²) in [6.45, 7) is 3.94. The van der Waals surface area contributed by atoms with Crippen LogP contribution < -0.4 is 4.74 Å². The zero-order valence-electron chi connectivity index (χ0n) is 18.1. The van der Waals surface area contributed by atoms with E-state index in [4.69, 9.17) is 21.1 Å². The predicted molar refractivity (Wildman–Crippen MR) is 128 cm³/mol. The molecular weight excluding hydrogens is 440 g/mol. The molecule has 1 aliphatic rings. The highest BCUT2D eigenvalue weighted by Crippen LogP contribution is 2.34. The summed E-state index contributed by atoms with van der Waals surface area (Å²) in [5, 5.41) is 10.7. The number of nitrogens with zero attached hydrogens (tertiary/aromatic N) is 4. The lowest BCUT2D eigenvalue weighted by Gasteiger charge is -2.28. The van der Waals surface area contributed by atoms with Crippen molar-refractivity contribution in [2.24, 2.45) is 0 Å². The Morgan fingerprint density at radius 1 is 1.03 bits per heavy atom. The summed E-state index contributed by atoms with van der Waals surface area (Å²) < 4.78 is 13.2. The molecule has 4 aromatic rings. The Morgan fingerprint density at radius 3 is 2.55 bits per heavy atom. The zero-order chi connectivity index (χ0) is 22.6. The van der Waals surface area contributed by atoms with Crippen LogP contribution >= 0.6 is 11.6 Å². The van der Waals surface area contributed by atoms with Crippen LogP contribution in [0.3, 0.4) is 0 Å². The van der Waals surface area contributed by atoms with E-state index in [1.54, 1.807) is 0 Å². The van der Waals surface area contributed by atoms with Gasteiger partial charge in [-0.15, -0.1) is 0 Å². The van der Waals surface area contributed by atoms with Gasteiger partial charge in [0, 0.05) is 37.1 Å². The highest BCUT2D eigenvalue weighted by Gasteiger charge is 2.17. The number of β-amino-alcohol motifs (C(OH)–C–C–N with tert-alkyl or cyclic N) is 1. The zero-order valence-corrected chi connectivity index (χ0v) is 18.9. The number of hydrogen-bond donors (Lipinski definition) is 1. The van der Waals surface area contributed by atoms with Crippen molar-refractivity contribution >= 4 is 22.6 Å². The van der Waals surface area contributed by atoms with E-state index in [2.05, 4.69) is 14.9 Å². The minimum Gasteiger partial charge on any atom is -0.491 e. The molecule has 0 amide bonds. The van der Waals surface area contributed by atoms with Crippen molar-refractivity contribution in [2.45, 2.75) is 6.10 Å². The largest absolute Gasteiger partial charge is 0.491 e. The van der Waals surface area contributed by atoms with Crippen LogP contribution in [0.1, 0.15) is 0 Å². The fraction of sp³-hybridized carbons (Fsp3) is 0.280. The summed E-state index contributed by atoms with van der Waals surface area (Å²) in [5.74, 6) is 0.708. The van der Waals surface area contributed by atoms with Gasteiger partial charge in [0.05, 0.1) is 13.2 Å². The average molecular weight is 465 g/mol. The number of aliphatic hydroxyl groups excluding tert-OH is 1. The van der Waals surface area contributed by atoms with E-state index in [0.717, 1.165) is 40.9 Å². The lowest BCUT2D eigenvalue weighted by atomic mass is 10.1. The molecule has 1 saturated heterocycles. The third kappa shape index (κ3) is 4.86. The second-order valence-corrected chi connectivity index (χ2v) is 8.37. The van der Waals surface area contributed by atoms with Crippen molar-refractivity contribution in [3.8, 4) is 22.6 Å². The highest BCUT2D eigenvalue weighted by molar-refractivity contribution is 6.34. The van der Waals surface area contributed by atoms with Gasteiger partial charge in [-0.2, -0.15) is 0 Å². The molecule has 0 radical (unpaired) electrons. The molecule has 8 heteroatoms. The van der Waals surface area contributed by atoms with Crippen molar-refractivity contribution in [2.75, 3.05) is 39.5 Å². The lowest BCUT2D eigenvalue weighted by molar-refractivity contribution is 0.00466. The maximum atomic E-state index is 10.3. The number of aliphatic hydroxyl groups is 1. The number of ether oxygens (including phenoxy) is 2. The molecule has 3 heterocycles. The van der Waals surface area contributed by atoms with E-state index in [1.807, 2.05) is 65.4 Å². The van der Waals surface area contributed by atoms with Crippen molar-refractivity contribution in [1.82, 2.24) is 19.4 Å². The van der Waals surface area contributed by atoms with E-state index in [9.17, 15) is 5.11 Å². The van der Waals surface area contributed by atoms with Crippen molar-refractivity contribution in [3.63, 3.8) is 0 Å². The maximum absolute atomic E-state index is 10.3. The summed E-state index contributed by atoms with van der Waals surface area (Å²) in [6.07, 6.45) is 2.96. The number of rotatable bonds is 7. The number of fused-ring (bicyclic) bond motifs is 1. The van der Waals surface area contributed by atoms with E-state index in [-0.39, 0.29) is 6.61 Å². The smallest absolute Gasteiger partial charge is 0.157 e. The monoisotopic (exact) mass is 464 g/mol. The van der Waals surface area contributed by atoms with Crippen LogP contribution in [0.25, 0.3) is 27.8 Å². The Bertz CT molecular complexity index is 1210. The molecule has 1 N–H and O–H groups in total. The molecule has 0 spiro atoms. The summed E-state index contributed by atoms with van der Waals surface area (Å²) in [7, 11) is 0. The minimum atomic E-state index is -0.550. The van der Waals surface area contributed by atoms with Crippen molar-refractivity contribution in [3.05, 3.63) is 72.3 Å². The Kier molecular flexibility index (Phi) is 6.55. The van der Waals surface area contributed by atoms with Crippen LogP contribution in [0, 0.1) is 0 Å². The van der Waals surface area contributed by atoms with Crippen molar-refractivity contribution < 1.29 is 14.6 Å². The van der Waals surface area contributed by atoms with Crippen LogP contribution in [-0.2, 0) is 4.74 Å². The average Bonchev–Trinajstić information content (AvgIpc) is 3.25. The fourth-order valence-electron chi connectivity index (χ4n) is 4.08. The van der Waals surface area contributed by atoms with Gasteiger partial charge in [0.15, 0.2) is 5.15 Å². The number of halogens is 1. The molecule has 5 rings (SSSR count). The number of para-hydroxylation sites is 1. The van der Waals surface area contributed by atoms with Gasteiger partial charge in [-0.05, 0) is 29.8 Å². The molecule has 1 aliphatic heterocycles. The van der Waals surface area contributed by atoms with Gasteiger partial charge < -0.3 is 19.1 Å². The normalized spacial score (nSPS) is 15.6. The third-order valence-electron chi connectivity index (χ3n) is 5.75. The van der Waals surface area contributed by atoms with Gasteiger partial charge in [-0.1, -0.05) is 41.9 Å². The molecule has 7 nitrogen and oxygen atoms in total. The second kappa shape index (κ2) is 9.89. The number of hydrogen-bond acceptors (Lipinski definition) is 6. The van der Waals surface area contributed by atoms with Crippen molar-refractivity contribution in [1.29, 1.82) is 0 Å². The van der Waals surface area contributed by atoms with Crippen LogP contribution in [0.4, 0.5) is 0 Å². The molecule has 33 heavy (non-hydrogen) atoms. The van der Waals surface area contributed by atoms with Gasteiger partial charge in [-0.25, -0.2) is 9.97 Å². The summed E-state index contributed by atoms with van der Waals surface area (Å²) in [5.41, 5.74) is 4.49. The summed E-state index contributed by atoms with van der Waals surface area (Å²) >= 11 is 6.45. The Morgan fingerprint density at radius 2 is 1.79 bits per heavy atom. The van der Waals surface area contributed by atoms with Crippen LogP contribution in [0.5, 0.6) is 5.75 Å². The van der Waals surface area contributed by atoms with E-state index < -0.39 is 6.10 Å². The molecular formula is C25H25ClN4O3. The molecule has 2 aromatic carbocycles. The van der Waals surface area contributed by atoms with E-state index in [0.29, 0.717) is 30.7 Å². The molecule has 1 fully saturated rings. The van der Waals surface area contributed by atoms with E-state index in [1.165, 1.54) is 6.33 Å². The summed E-state index contributed by atoms with van der Waals surface area (Å²) in [4.78, 5) is 10.9. The molecule has 170 valence electrons. The minimum absolute atomic E-state index is 0.243. The van der Waals surface area contributed by atoms with Gasteiger partial charge in [0.2, 0.25) is 0 Å². The predicted octanol–water partition coefficient (Wildman–Crippen LogP) is 3.81. The van der Waals surface area contributed by atoms with Crippen LogP contribution in [-0.4, -0.2) is 70.1 Å². The number of morpholine rings is 1. The molecule has 1 atom stereocenters. The van der Waals surface area contributed by atoms with Crippen LogP contribution in [0.15, 0.2) is 67.1 Å². The van der Waals surface area contributed by atoms with Gasteiger partial charge in [-0.3, -0.25) is 4.90 Å². The number of aromatic nitrogens is 3. The lowest BCUT2D eigenvalue weighted by Crippen LogP contribution is -2.42. The topological polar surface area (TPSA) is 72.6 Å². The second-order valence-electron chi connectivity index (χ2n) is 8.01. The molecule has 1 unspecified atom stereocenters. The molecule has 0 bridgehead atoms. The summed E-state index contributed by atoms with van der Waals surface area (Å²) in [6, 6.07) is 17.8. The first kappa shape index (κ1) is 21.9. The van der Waals surface area contributed by atoms with Gasteiger partial charge >= 0.3 is 0 Å². The molecule has 0 saturated carbocycles. The Balaban J connectivity index is 1.34. The third-order valence-corrected chi connectivity index (χ3v) is 6.02. The Labute approximate surface area is 197 Å². The first-order valence-electron chi connectivity index (χ1n) is 11.0. The van der Waals surface area contributed by atoms with E-state index >= 15 is 0 Å². The molecule has 2 aromatic heterocycles.